The SMILES string of the molecule is CCCCCC(=O)/C=C/C(O)C(O)CCCCCCC(C)C(=O)O. The molecule has 3 N–H and O–H groups in total. The van der Waals surface area contributed by atoms with Crippen LogP contribution in [0.3, 0.4) is 0 Å². The fourth-order valence-corrected chi connectivity index (χ4v) is 2.42. The van der Waals surface area contributed by atoms with Gasteiger partial charge in [-0.2, -0.15) is 0 Å². The van der Waals surface area contributed by atoms with Crippen LogP contribution in [0.25, 0.3) is 0 Å². The zero-order chi connectivity index (χ0) is 18.4. The molecule has 0 aliphatic rings. The molecule has 0 spiro atoms. The summed E-state index contributed by atoms with van der Waals surface area (Å²) in [5.41, 5.74) is 0. The van der Waals surface area contributed by atoms with Crippen molar-refractivity contribution in [3.05, 3.63) is 12.2 Å². The Balaban J connectivity index is 3.77. The number of ketones is 1. The summed E-state index contributed by atoms with van der Waals surface area (Å²) in [6.07, 6.45) is 8.93. The molecule has 0 aliphatic heterocycles. The van der Waals surface area contributed by atoms with Crippen LogP contribution in [0.2, 0.25) is 0 Å². The number of aliphatic carboxylic acids is 1. The van der Waals surface area contributed by atoms with Gasteiger partial charge in [0.05, 0.1) is 18.1 Å². The van der Waals surface area contributed by atoms with Crippen LogP contribution in [0, 0.1) is 5.92 Å². The minimum Gasteiger partial charge on any atom is -0.481 e. The van der Waals surface area contributed by atoms with Crippen molar-refractivity contribution in [2.45, 2.75) is 90.3 Å². The van der Waals surface area contributed by atoms with E-state index in [-0.39, 0.29) is 11.7 Å². The summed E-state index contributed by atoms with van der Waals surface area (Å²) in [6, 6.07) is 0. The van der Waals surface area contributed by atoms with E-state index in [1.54, 1.807) is 6.92 Å². The Morgan fingerprint density at radius 3 is 2.17 bits per heavy atom. The molecule has 3 atom stereocenters. The predicted molar refractivity (Wildman–Crippen MR) is 94.8 cm³/mol. The number of carboxylic acids is 1. The minimum atomic E-state index is -1.01. The van der Waals surface area contributed by atoms with Crippen LogP contribution < -0.4 is 0 Å². The molecular formula is C19H34O5. The molecule has 140 valence electrons. The van der Waals surface area contributed by atoms with Gasteiger partial charge in [0, 0.05) is 6.42 Å². The Bertz CT molecular complexity index is 378. The van der Waals surface area contributed by atoms with Crippen molar-refractivity contribution in [1.29, 1.82) is 0 Å². The summed E-state index contributed by atoms with van der Waals surface area (Å²) in [5.74, 6) is -1.08. The first-order valence-corrected chi connectivity index (χ1v) is 9.18. The van der Waals surface area contributed by atoms with Gasteiger partial charge in [0.25, 0.3) is 0 Å². The highest BCUT2D eigenvalue weighted by Crippen LogP contribution is 2.13. The molecule has 5 nitrogen and oxygen atoms in total. The van der Waals surface area contributed by atoms with Gasteiger partial charge in [0.1, 0.15) is 0 Å². The second-order valence-corrected chi connectivity index (χ2v) is 6.57. The number of carbonyl (C=O) groups excluding carboxylic acids is 1. The normalized spacial score (nSPS) is 15.3. The molecule has 0 aliphatic carbocycles. The predicted octanol–water partition coefficient (Wildman–Crippen LogP) is 3.48. The Morgan fingerprint density at radius 2 is 1.58 bits per heavy atom. The van der Waals surface area contributed by atoms with Gasteiger partial charge in [-0.1, -0.05) is 58.4 Å². The number of carboxylic acid groups (broad SMARTS) is 1. The highest BCUT2D eigenvalue weighted by Gasteiger charge is 2.13. The van der Waals surface area contributed by atoms with Gasteiger partial charge in [-0.05, 0) is 25.3 Å². The van der Waals surface area contributed by atoms with E-state index < -0.39 is 18.2 Å². The monoisotopic (exact) mass is 342 g/mol. The van der Waals surface area contributed by atoms with Crippen molar-refractivity contribution in [1.82, 2.24) is 0 Å². The number of unbranched alkanes of at least 4 members (excludes halogenated alkanes) is 5. The Hall–Kier alpha value is -1.20. The van der Waals surface area contributed by atoms with Gasteiger partial charge in [-0.25, -0.2) is 0 Å². The lowest BCUT2D eigenvalue weighted by Gasteiger charge is -2.14. The molecule has 0 heterocycles. The van der Waals surface area contributed by atoms with Gasteiger partial charge in [0.15, 0.2) is 5.78 Å². The number of hydrogen-bond acceptors (Lipinski definition) is 4. The molecule has 0 saturated heterocycles. The van der Waals surface area contributed by atoms with Crippen molar-refractivity contribution < 1.29 is 24.9 Å². The smallest absolute Gasteiger partial charge is 0.306 e. The van der Waals surface area contributed by atoms with Gasteiger partial charge in [-0.3, -0.25) is 9.59 Å². The molecule has 5 heteroatoms. The Kier molecular flexibility index (Phi) is 13.5. The minimum absolute atomic E-state index is 0.0118. The van der Waals surface area contributed by atoms with E-state index in [0.29, 0.717) is 19.3 Å². The summed E-state index contributed by atoms with van der Waals surface area (Å²) in [6.45, 7) is 3.78. The van der Waals surface area contributed by atoms with E-state index >= 15 is 0 Å². The fourth-order valence-electron chi connectivity index (χ4n) is 2.42. The van der Waals surface area contributed by atoms with Crippen LogP contribution in [-0.2, 0) is 9.59 Å². The van der Waals surface area contributed by atoms with Crippen LogP contribution in [0.5, 0.6) is 0 Å². The maximum Gasteiger partial charge on any atom is 0.306 e. The second-order valence-electron chi connectivity index (χ2n) is 6.57. The van der Waals surface area contributed by atoms with Crippen LogP contribution >= 0.6 is 0 Å². The van der Waals surface area contributed by atoms with Crippen molar-refractivity contribution in [2.24, 2.45) is 5.92 Å². The Labute approximate surface area is 145 Å². The van der Waals surface area contributed by atoms with Gasteiger partial charge < -0.3 is 15.3 Å². The number of aliphatic hydroxyl groups excluding tert-OH is 2. The van der Waals surface area contributed by atoms with Gasteiger partial charge in [-0.15, -0.1) is 0 Å². The lowest BCUT2D eigenvalue weighted by molar-refractivity contribution is -0.141. The van der Waals surface area contributed by atoms with Crippen molar-refractivity contribution >= 4 is 11.8 Å². The average Bonchev–Trinajstić information content (AvgIpc) is 2.55. The largest absolute Gasteiger partial charge is 0.481 e. The van der Waals surface area contributed by atoms with Crippen molar-refractivity contribution in [2.75, 3.05) is 0 Å². The first-order valence-electron chi connectivity index (χ1n) is 9.18. The number of carbonyl (C=O) groups is 2. The Morgan fingerprint density at radius 1 is 0.958 bits per heavy atom. The molecule has 0 amide bonds. The molecule has 0 radical (unpaired) electrons. The second kappa shape index (κ2) is 14.2. The van der Waals surface area contributed by atoms with E-state index in [0.717, 1.165) is 44.9 Å². The van der Waals surface area contributed by atoms with E-state index in [4.69, 9.17) is 5.11 Å². The zero-order valence-electron chi connectivity index (χ0n) is 15.1. The number of rotatable bonds is 15. The third-order valence-electron chi connectivity index (χ3n) is 4.21. The lowest BCUT2D eigenvalue weighted by Crippen LogP contribution is -2.23. The first kappa shape index (κ1) is 22.8. The van der Waals surface area contributed by atoms with Gasteiger partial charge in [0.2, 0.25) is 0 Å². The van der Waals surface area contributed by atoms with E-state index in [1.807, 2.05) is 0 Å². The molecule has 0 saturated carbocycles. The van der Waals surface area contributed by atoms with Crippen molar-refractivity contribution in [3.63, 3.8) is 0 Å². The zero-order valence-corrected chi connectivity index (χ0v) is 15.1. The average molecular weight is 342 g/mol. The van der Waals surface area contributed by atoms with Crippen LogP contribution in [-0.4, -0.2) is 39.3 Å². The van der Waals surface area contributed by atoms with Crippen LogP contribution in [0.4, 0.5) is 0 Å². The summed E-state index contributed by atoms with van der Waals surface area (Å²) < 4.78 is 0. The molecule has 0 aromatic carbocycles. The highest BCUT2D eigenvalue weighted by atomic mass is 16.4. The third kappa shape index (κ3) is 12.3. The van der Waals surface area contributed by atoms with E-state index in [2.05, 4.69) is 6.92 Å². The number of hydrogen-bond donors (Lipinski definition) is 3. The lowest BCUT2D eigenvalue weighted by atomic mass is 10.0. The summed E-state index contributed by atoms with van der Waals surface area (Å²) >= 11 is 0. The molecule has 24 heavy (non-hydrogen) atoms. The molecule has 3 unspecified atom stereocenters. The number of aliphatic hydroxyl groups is 2. The maximum absolute atomic E-state index is 11.6. The summed E-state index contributed by atoms with van der Waals surface area (Å²) in [5, 5.41) is 28.5. The van der Waals surface area contributed by atoms with Crippen molar-refractivity contribution in [3.8, 4) is 0 Å². The molecule has 0 bridgehead atoms. The first-order chi connectivity index (χ1) is 11.4. The molecule has 0 rings (SSSR count). The summed E-state index contributed by atoms with van der Waals surface area (Å²) in [4.78, 5) is 22.2. The summed E-state index contributed by atoms with van der Waals surface area (Å²) in [7, 11) is 0. The number of allylic oxidation sites excluding steroid dienone is 1. The quantitative estimate of drug-likeness (QED) is 0.313. The maximum atomic E-state index is 11.6. The van der Waals surface area contributed by atoms with Gasteiger partial charge >= 0.3 is 5.97 Å². The molecule has 0 aromatic rings. The third-order valence-corrected chi connectivity index (χ3v) is 4.21. The van der Waals surface area contributed by atoms with Crippen LogP contribution in [0.15, 0.2) is 12.2 Å². The van der Waals surface area contributed by atoms with E-state index in [9.17, 15) is 19.8 Å². The standard InChI is InChI=1S/C19H34O5/c1-3-4-7-11-16(20)13-14-18(22)17(21)12-9-6-5-8-10-15(2)19(23)24/h13-15,17-18,21-22H,3-12H2,1-2H3,(H,23,24)/b14-13+. The highest BCUT2D eigenvalue weighted by molar-refractivity contribution is 5.89. The topological polar surface area (TPSA) is 94.8 Å². The van der Waals surface area contributed by atoms with Crippen LogP contribution in [0.1, 0.15) is 78.1 Å². The van der Waals surface area contributed by atoms with E-state index in [1.165, 1.54) is 12.2 Å². The molecule has 0 fully saturated rings. The fraction of sp³-hybridized carbons (Fsp3) is 0.789. The molecule has 0 aromatic heterocycles. The molecular weight excluding hydrogens is 308 g/mol.